The van der Waals surface area contributed by atoms with Gasteiger partial charge in [0, 0.05) is 22.5 Å². The van der Waals surface area contributed by atoms with Crippen molar-refractivity contribution in [2.75, 3.05) is 0 Å². The molecule has 2 heteroatoms. The highest BCUT2D eigenvalue weighted by atomic mass is 14.6. The van der Waals surface area contributed by atoms with Crippen molar-refractivity contribution in [3.8, 4) is 0 Å². The topological polar surface area (TPSA) is 52.0 Å². The highest BCUT2D eigenvalue weighted by Gasteiger charge is 2.12. The summed E-state index contributed by atoms with van der Waals surface area (Å²) in [4.78, 5) is 0. The van der Waals surface area contributed by atoms with Crippen LogP contribution in [0.4, 0.5) is 0 Å². The van der Waals surface area contributed by atoms with Crippen LogP contribution in [0.3, 0.4) is 0 Å². The number of rotatable bonds is 4. The van der Waals surface area contributed by atoms with Crippen LogP contribution in [0.1, 0.15) is 22.3 Å². The van der Waals surface area contributed by atoms with Crippen molar-refractivity contribution in [2.24, 2.45) is 11.5 Å². The molecular formula is C26H22N2. The minimum atomic E-state index is 0.691. The monoisotopic (exact) mass is 362 g/mol. The summed E-state index contributed by atoms with van der Waals surface area (Å²) in [5.74, 6) is 0. The smallest absolute Gasteiger partial charge is 0.0406 e. The lowest BCUT2D eigenvalue weighted by Gasteiger charge is -2.15. The molecule has 4 aromatic carbocycles. The molecule has 0 spiro atoms. The van der Waals surface area contributed by atoms with Gasteiger partial charge in [-0.25, -0.2) is 0 Å². The third-order valence-electron chi connectivity index (χ3n) is 4.77. The van der Waals surface area contributed by atoms with Gasteiger partial charge in [-0.3, -0.25) is 0 Å². The summed E-state index contributed by atoms with van der Waals surface area (Å²) in [6, 6.07) is 32.6. The first kappa shape index (κ1) is 17.6. The second kappa shape index (κ2) is 7.85. The zero-order chi connectivity index (χ0) is 19.3. The van der Waals surface area contributed by atoms with Crippen LogP contribution < -0.4 is 11.5 Å². The van der Waals surface area contributed by atoms with Crippen LogP contribution in [-0.4, -0.2) is 0 Å². The van der Waals surface area contributed by atoms with Crippen molar-refractivity contribution in [3.63, 3.8) is 0 Å². The van der Waals surface area contributed by atoms with E-state index in [1.165, 1.54) is 0 Å². The molecule has 28 heavy (non-hydrogen) atoms. The van der Waals surface area contributed by atoms with E-state index in [1.807, 2.05) is 84.9 Å². The quantitative estimate of drug-likeness (QED) is 0.454. The van der Waals surface area contributed by atoms with Crippen LogP contribution in [0.25, 0.3) is 34.3 Å². The zero-order valence-corrected chi connectivity index (χ0v) is 15.5. The standard InChI is InChI=1S/C26H22N2/c27-24(17-19-9-3-1-4-10-19)23-16-15-21-13-7-8-14-22(21)26(23)25(28)18-20-11-5-2-6-12-20/h1-18H,27-28H2. The maximum absolute atomic E-state index is 6.60. The van der Waals surface area contributed by atoms with E-state index in [1.54, 1.807) is 0 Å². The van der Waals surface area contributed by atoms with Crippen LogP contribution in [0.5, 0.6) is 0 Å². The molecule has 0 heterocycles. The summed E-state index contributed by atoms with van der Waals surface area (Å²) in [7, 11) is 0. The molecule has 0 bridgehead atoms. The molecule has 0 radical (unpaired) electrons. The molecule has 0 saturated carbocycles. The van der Waals surface area contributed by atoms with Gasteiger partial charge in [0.1, 0.15) is 0 Å². The van der Waals surface area contributed by atoms with Crippen LogP contribution in [0.2, 0.25) is 0 Å². The molecule has 0 unspecified atom stereocenters. The molecule has 4 N–H and O–H groups in total. The Balaban J connectivity index is 1.91. The van der Waals surface area contributed by atoms with E-state index in [9.17, 15) is 0 Å². The van der Waals surface area contributed by atoms with Crippen molar-refractivity contribution in [2.45, 2.75) is 0 Å². The highest BCUT2D eigenvalue weighted by molar-refractivity contribution is 6.02. The Morgan fingerprint density at radius 2 is 1.07 bits per heavy atom. The summed E-state index contributed by atoms with van der Waals surface area (Å²) in [6.07, 6.45) is 3.99. The molecule has 4 aromatic rings. The van der Waals surface area contributed by atoms with Gasteiger partial charge in [0.25, 0.3) is 0 Å². The van der Waals surface area contributed by atoms with Gasteiger partial charge in [-0.1, -0.05) is 97.1 Å². The van der Waals surface area contributed by atoms with Gasteiger partial charge < -0.3 is 11.5 Å². The van der Waals surface area contributed by atoms with Crippen molar-refractivity contribution < 1.29 is 0 Å². The molecule has 0 atom stereocenters. The van der Waals surface area contributed by atoms with E-state index < -0.39 is 0 Å². The molecule has 0 aliphatic heterocycles. The average molecular weight is 362 g/mol. The summed E-state index contributed by atoms with van der Waals surface area (Å²) in [5.41, 5.74) is 18.5. The first-order chi connectivity index (χ1) is 13.7. The fourth-order valence-electron chi connectivity index (χ4n) is 3.43. The van der Waals surface area contributed by atoms with Crippen molar-refractivity contribution >= 4 is 34.3 Å². The van der Waals surface area contributed by atoms with Crippen LogP contribution in [0, 0.1) is 0 Å². The lowest BCUT2D eigenvalue weighted by molar-refractivity contribution is 1.48. The number of nitrogens with two attached hydrogens (primary N) is 2. The lowest BCUT2D eigenvalue weighted by atomic mass is 9.93. The van der Waals surface area contributed by atoms with E-state index >= 15 is 0 Å². The van der Waals surface area contributed by atoms with E-state index in [0.29, 0.717) is 11.4 Å². The molecule has 2 nitrogen and oxygen atoms in total. The molecule has 0 aromatic heterocycles. The molecule has 4 rings (SSSR count). The zero-order valence-electron chi connectivity index (χ0n) is 15.5. The van der Waals surface area contributed by atoms with Gasteiger partial charge in [-0.15, -0.1) is 0 Å². The predicted molar refractivity (Wildman–Crippen MR) is 121 cm³/mol. The van der Waals surface area contributed by atoms with E-state index in [4.69, 9.17) is 11.5 Å². The van der Waals surface area contributed by atoms with Crippen molar-refractivity contribution in [1.82, 2.24) is 0 Å². The predicted octanol–water partition coefficient (Wildman–Crippen LogP) is 5.75. The van der Waals surface area contributed by atoms with Gasteiger partial charge in [0.2, 0.25) is 0 Å². The Morgan fingerprint density at radius 1 is 0.536 bits per heavy atom. The first-order valence-electron chi connectivity index (χ1n) is 9.29. The second-order valence-electron chi connectivity index (χ2n) is 6.73. The van der Waals surface area contributed by atoms with E-state index in [0.717, 1.165) is 33.0 Å². The lowest BCUT2D eigenvalue weighted by Crippen LogP contribution is -2.06. The maximum Gasteiger partial charge on any atom is 0.0406 e. The van der Waals surface area contributed by atoms with E-state index in [2.05, 4.69) is 24.3 Å². The van der Waals surface area contributed by atoms with Crippen LogP contribution in [0.15, 0.2) is 97.1 Å². The SMILES string of the molecule is NC(=Cc1ccccc1)c1ccc2ccccc2c1C(N)=Cc1ccccc1. The minimum Gasteiger partial charge on any atom is -0.398 e. The molecular weight excluding hydrogens is 340 g/mol. The first-order valence-corrected chi connectivity index (χ1v) is 9.29. The van der Waals surface area contributed by atoms with Gasteiger partial charge in [0.05, 0.1) is 0 Å². The second-order valence-corrected chi connectivity index (χ2v) is 6.73. The van der Waals surface area contributed by atoms with E-state index in [-0.39, 0.29) is 0 Å². The third-order valence-corrected chi connectivity index (χ3v) is 4.77. The fourth-order valence-corrected chi connectivity index (χ4v) is 3.43. The highest BCUT2D eigenvalue weighted by Crippen LogP contribution is 2.31. The van der Waals surface area contributed by atoms with Crippen molar-refractivity contribution in [1.29, 1.82) is 0 Å². The number of hydrogen-bond donors (Lipinski definition) is 2. The number of hydrogen-bond acceptors (Lipinski definition) is 2. The Bertz CT molecular complexity index is 1160. The Morgan fingerprint density at radius 3 is 1.71 bits per heavy atom. The summed E-state index contributed by atoms with van der Waals surface area (Å²) >= 11 is 0. The van der Waals surface area contributed by atoms with Gasteiger partial charge in [-0.05, 0) is 34.1 Å². The number of benzene rings is 4. The fraction of sp³-hybridized carbons (Fsp3) is 0. The van der Waals surface area contributed by atoms with Crippen LogP contribution in [-0.2, 0) is 0 Å². The molecule has 0 amide bonds. The Hall–Kier alpha value is -3.78. The van der Waals surface area contributed by atoms with Gasteiger partial charge >= 0.3 is 0 Å². The average Bonchev–Trinajstić information content (AvgIpc) is 2.74. The summed E-state index contributed by atoms with van der Waals surface area (Å²) in [6.45, 7) is 0. The summed E-state index contributed by atoms with van der Waals surface area (Å²) < 4.78 is 0. The maximum atomic E-state index is 6.60. The molecule has 0 aliphatic rings. The molecule has 0 saturated heterocycles. The summed E-state index contributed by atoms with van der Waals surface area (Å²) in [5, 5.41) is 2.23. The normalized spacial score (nSPS) is 12.3. The number of fused-ring (bicyclic) bond motifs is 1. The van der Waals surface area contributed by atoms with Gasteiger partial charge in [-0.2, -0.15) is 0 Å². The molecule has 136 valence electrons. The Labute approximate surface area is 165 Å². The third kappa shape index (κ3) is 3.67. The van der Waals surface area contributed by atoms with Crippen LogP contribution >= 0.6 is 0 Å². The molecule has 0 fully saturated rings. The van der Waals surface area contributed by atoms with Gasteiger partial charge in [0.15, 0.2) is 0 Å². The largest absolute Gasteiger partial charge is 0.398 e. The minimum absolute atomic E-state index is 0.691. The Kier molecular flexibility index (Phi) is 4.94. The van der Waals surface area contributed by atoms with Crippen molar-refractivity contribution in [3.05, 3.63) is 119 Å². The molecule has 0 aliphatic carbocycles.